The van der Waals surface area contributed by atoms with Gasteiger partial charge in [-0.1, -0.05) is 0 Å². The van der Waals surface area contributed by atoms with Crippen LogP contribution in [-0.4, -0.2) is 45.2 Å². The average molecular weight is 272 g/mol. The Bertz CT molecular complexity index is 373. The van der Waals surface area contributed by atoms with Gasteiger partial charge in [-0.25, -0.2) is 0 Å². The second-order valence-corrected chi connectivity index (χ2v) is 5.16. The van der Waals surface area contributed by atoms with Gasteiger partial charge in [0, 0.05) is 12.8 Å². The molecule has 0 amide bonds. The summed E-state index contributed by atoms with van der Waals surface area (Å²) in [5, 5.41) is 0. The average Bonchev–Trinajstić information content (AvgIpc) is 3.00. The first-order valence-electron chi connectivity index (χ1n) is 6.43. The van der Waals surface area contributed by atoms with Crippen LogP contribution in [0.15, 0.2) is 0 Å². The van der Waals surface area contributed by atoms with E-state index in [1.165, 1.54) is 14.2 Å². The minimum atomic E-state index is -0.980. The molecule has 6 nitrogen and oxygen atoms in total. The van der Waals surface area contributed by atoms with E-state index in [4.69, 9.17) is 18.9 Å². The van der Waals surface area contributed by atoms with Gasteiger partial charge in [0.05, 0.1) is 27.4 Å². The lowest BCUT2D eigenvalue weighted by Gasteiger charge is -2.39. The maximum absolute atomic E-state index is 12.2. The Morgan fingerprint density at radius 3 is 2.37 bits per heavy atom. The number of methoxy groups -OCH3 is 2. The summed E-state index contributed by atoms with van der Waals surface area (Å²) < 4.78 is 21.0. The summed E-state index contributed by atoms with van der Waals surface area (Å²) in [7, 11) is 2.68. The van der Waals surface area contributed by atoms with Gasteiger partial charge in [0.25, 0.3) is 0 Å². The summed E-state index contributed by atoms with van der Waals surface area (Å²) in [5.41, 5.74) is -0.980. The van der Waals surface area contributed by atoms with Crippen LogP contribution in [0.5, 0.6) is 0 Å². The maximum Gasteiger partial charge on any atom is 0.317 e. The Hall–Kier alpha value is -1.14. The predicted octanol–water partition coefficient (Wildman–Crippen LogP) is 0.882. The van der Waals surface area contributed by atoms with Crippen molar-refractivity contribution in [3.63, 3.8) is 0 Å². The standard InChI is InChI=1S/C13H20O6/c1-12(11(15)17-3)9(8-10(14)16-2)4-5-13(12)18-6-7-19-13/h9H,4-8H2,1-3H3/t9-,12+/m1/s1. The highest BCUT2D eigenvalue weighted by Gasteiger charge is 2.66. The van der Waals surface area contributed by atoms with Crippen molar-refractivity contribution < 1.29 is 28.5 Å². The first kappa shape index (κ1) is 14.3. The first-order chi connectivity index (χ1) is 9.00. The second kappa shape index (κ2) is 5.09. The minimum absolute atomic E-state index is 0.163. The third kappa shape index (κ3) is 2.03. The summed E-state index contributed by atoms with van der Waals surface area (Å²) >= 11 is 0. The molecule has 6 heteroatoms. The predicted molar refractivity (Wildman–Crippen MR) is 64.1 cm³/mol. The Labute approximate surface area is 112 Å². The molecule has 108 valence electrons. The molecule has 0 aromatic rings. The van der Waals surface area contributed by atoms with Crippen LogP contribution in [0.3, 0.4) is 0 Å². The summed E-state index contributed by atoms with van der Waals surface area (Å²) in [4.78, 5) is 23.8. The highest BCUT2D eigenvalue weighted by atomic mass is 16.7. The zero-order valence-corrected chi connectivity index (χ0v) is 11.6. The third-order valence-corrected chi connectivity index (χ3v) is 4.43. The minimum Gasteiger partial charge on any atom is -0.469 e. The normalized spacial score (nSPS) is 32.5. The van der Waals surface area contributed by atoms with Crippen molar-refractivity contribution >= 4 is 11.9 Å². The van der Waals surface area contributed by atoms with Crippen LogP contribution in [0, 0.1) is 11.3 Å². The van der Waals surface area contributed by atoms with Gasteiger partial charge in [-0.2, -0.15) is 0 Å². The van der Waals surface area contributed by atoms with E-state index in [-0.39, 0.29) is 18.3 Å². The lowest BCUT2D eigenvalue weighted by atomic mass is 9.74. The van der Waals surface area contributed by atoms with Crippen molar-refractivity contribution in [2.45, 2.75) is 32.0 Å². The van der Waals surface area contributed by atoms with Gasteiger partial charge in [-0.15, -0.1) is 0 Å². The Morgan fingerprint density at radius 2 is 1.84 bits per heavy atom. The van der Waals surface area contributed by atoms with E-state index in [2.05, 4.69) is 0 Å². The number of carbonyl (C=O) groups excluding carboxylic acids is 2. The molecule has 0 aromatic heterocycles. The Morgan fingerprint density at radius 1 is 1.21 bits per heavy atom. The summed E-state index contributed by atoms with van der Waals surface area (Å²) in [6, 6.07) is 0. The van der Waals surface area contributed by atoms with Crippen LogP contribution in [0.4, 0.5) is 0 Å². The molecule has 0 N–H and O–H groups in total. The zero-order valence-electron chi connectivity index (χ0n) is 11.6. The van der Waals surface area contributed by atoms with Crippen LogP contribution < -0.4 is 0 Å². The zero-order chi connectivity index (χ0) is 14.1. The molecule has 0 aromatic carbocycles. The van der Waals surface area contributed by atoms with Gasteiger partial charge in [-0.05, 0) is 19.3 Å². The molecule has 2 rings (SSSR count). The van der Waals surface area contributed by atoms with Crippen molar-refractivity contribution in [2.24, 2.45) is 11.3 Å². The van der Waals surface area contributed by atoms with E-state index < -0.39 is 17.2 Å². The van der Waals surface area contributed by atoms with E-state index in [0.717, 1.165) is 0 Å². The number of carbonyl (C=O) groups is 2. The van der Waals surface area contributed by atoms with E-state index in [1.54, 1.807) is 6.92 Å². The van der Waals surface area contributed by atoms with Crippen molar-refractivity contribution in [1.82, 2.24) is 0 Å². The number of hydrogen-bond acceptors (Lipinski definition) is 6. The number of rotatable bonds is 3. The summed E-state index contributed by atoms with van der Waals surface area (Å²) in [5.74, 6) is -1.90. The molecular formula is C13H20O6. The van der Waals surface area contributed by atoms with Crippen LogP contribution in [0.25, 0.3) is 0 Å². The van der Waals surface area contributed by atoms with Crippen molar-refractivity contribution in [2.75, 3.05) is 27.4 Å². The number of esters is 2. The lowest BCUT2D eigenvalue weighted by Crippen LogP contribution is -2.52. The Kier molecular flexibility index (Phi) is 3.82. The second-order valence-electron chi connectivity index (χ2n) is 5.16. The molecular weight excluding hydrogens is 252 g/mol. The van der Waals surface area contributed by atoms with Crippen molar-refractivity contribution in [3.8, 4) is 0 Å². The molecule has 1 heterocycles. The molecule has 1 saturated carbocycles. The number of ether oxygens (including phenoxy) is 4. The largest absolute Gasteiger partial charge is 0.469 e. The topological polar surface area (TPSA) is 71.1 Å². The fourth-order valence-corrected chi connectivity index (χ4v) is 3.25. The van der Waals surface area contributed by atoms with E-state index in [0.29, 0.717) is 26.1 Å². The molecule has 0 radical (unpaired) electrons. The van der Waals surface area contributed by atoms with Gasteiger partial charge in [-0.3, -0.25) is 9.59 Å². The maximum atomic E-state index is 12.2. The highest BCUT2D eigenvalue weighted by molar-refractivity contribution is 5.80. The molecule has 2 atom stereocenters. The van der Waals surface area contributed by atoms with Gasteiger partial charge in [0.1, 0.15) is 5.41 Å². The summed E-state index contributed by atoms with van der Waals surface area (Å²) in [6.45, 7) is 2.67. The molecule has 1 spiro atoms. The SMILES string of the molecule is COC(=O)C[C@H]1CCC2(OCCO2)[C@]1(C)C(=O)OC. The van der Waals surface area contributed by atoms with Gasteiger partial charge < -0.3 is 18.9 Å². The molecule has 2 fully saturated rings. The van der Waals surface area contributed by atoms with Crippen LogP contribution in [0.2, 0.25) is 0 Å². The van der Waals surface area contributed by atoms with Gasteiger partial charge >= 0.3 is 11.9 Å². The molecule has 0 bridgehead atoms. The van der Waals surface area contributed by atoms with E-state index in [9.17, 15) is 9.59 Å². The molecule has 2 aliphatic rings. The number of hydrogen-bond donors (Lipinski definition) is 0. The fourth-order valence-electron chi connectivity index (χ4n) is 3.25. The monoisotopic (exact) mass is 272 g/mol. The van der Waals surface area contributed by atoms with Crippen LogP contribution >= 0.6 is 0 Å². The Balaban J connectivity index is 2.30. The summed E-state index contributed by atoms with van der Waals surface area (Å²) in [6.07, 6.45) is 1.41. The van der Waals surface area contributed by atoms with E-state index >= 15 is 0 Å². The quantitative estimate of drug-likeness (QED) is 0.710. The smallest absolute Gasteiger partial charge is 0.317 e. The third-order valence-electron chi connectivity index (χ3n) is 4.43. The molecule has 1 aliphatic carbocycles. The van der Waals surface area contributed by atoms with Crippen LogP contribution in [0.1, 0.15) is 26.2 Å². The van der Waals surface area contributed by atoms with Crippen molar-refractivity contribution in [3.05, 3.63) is 0 Å². The van der Waals surface area contributed by atoms with Gasteiger partial charge in [0.2, 0.25) is 0 Å². The van der Waals surface area contributed by atoms with E-state index in [1.807, 2.05) is 0 Å². The van der Waals surface area contributed by atoms with Gasteiger partial charge in [0.15, 0.2) is 5.79 Å². The highest BCUT2D eigenvalue weighted by Crippen LogP contribution is 2.56. The van der Waals surface area contributed by atoms with Crippen LogP contribution in [-0.2, 0) is 28.5 Å². The fraction of sp³-hybridized carbons (Fsp3) is 0.846. The molecule has 0 unspecified atom stereocenters. The lowest BCUT2D eigenvalue weighted by molar-refractivity contribution is -0.233. The first-order valence-corrected chi connectivity index (χ1v) is 6.43. The molecule has 19 heavy (non-hydrogen) atoms. The molecule has 1 aliphatic heterocycles. The molecule has 1 saturated heterocycles. The van der Waals surface area contributed by atoms with Crippen molar-refractivity contribution in [1.29, 1.82) is 0 Å².